The van der Waals surface area contributed by atoms with Crippen LogP contribution in [0.2, 0.25) is 0 Å². The summed E-state index contributed by atoms with van der Waals surface area (Å²) < 4.78 is 0. The second-order valence-electron chi connectivity index (χ2n) is 9.68. The number of benzene rings is 3. The zero-order valence-corrected chi connectivity index (χ0v) is 20.2. The van der Waals surface area contributed by atoms with Crippen LogP contribution in [0.4, 0.5) is 5.69 Å². The number of nitrogens with zero attached hydrogens (tertiary/aromatic N) is 2. The van der Waals surface area contributed by atoms with Crippen LogP contribution in [0.25, 0.3) is 23.1 Å². The number of carbonyl (C=O) groups excluding carboxylic acids is 1. The lowest BCUT2D eigenvalue weighted by Gasteiger charge is -2.17. The number of amides is 1. The minimum Gasteiger partial charge on any atom is -0.325 e. The molecule has 2 heterocycles. The van der Waals surface area contributed by atoms with E-state index in [0.717, 1.165) is 59.5 Å². The summed E-state index contributed by atoms with van der Waals surface area (Å²) in [5.74, 6) is 0.327. The van der Waals surface area contributed by atoms with Gasteiger partial charge in [0, 0.05) is 23.5 Å². The lowest BCUT2D eigenvalue weighted by Crippen LogP contribution is -2.21. The van der Waals surface area contributed by atoms with Gasteiger partial charge in [-0.3, -0.25) is 14.8 Å². The molecule has 1 unspecified atom stereocenters. The first-order valence-corrected chi connectivity index (χ1v) is 12.5. The van der Waals surface area contributed by atoms with Crippen molar-refractivity contribution in [1.29, 1.82) is 0 Å². The van der Waals surface area contributed by atoms with E-state index in [1.165, 1.54) is 11.1 Å². The molecule has 4 aromatic rings. The molecule has 1 saturated carbocycles. The molecule has 35 heavy (non-hydrogen) atoms. The fourth-order valence-corrected chi connectivity index (χ4v) is 5.57. The van der Waals surface area contributed by atoms with E-state index in [0.29, 0.717) is 0 Å². The lowest BCUT2D eigenvalue weighted by atomic mass is 9.92. The first kappa shape index (κ1) is 21.8. The zero-order chi connectivity index (χ0) is 24.0. The Morgan fingerprint density at radius 1 is 1.03 bits per heavy atom. The minimum absolute atomic E-state index is 0.125. The van der Waals surface area contributed by atoms with Crippen LogP contribution < -0.4 is 5.32 Å². The fourth-order valence-electron chi connectivity index (χ4n) is 5.57. The lowest BCUT2D eigenvalue weighted by molar-refractivity contribution is -0.118. The highest BCUT2D eigenvalue weighted by Gasteiger charge is 2.65. The standard InChI is InChI=1S/C30H30N4O/c1-3-34(4-2)19-21-11-9-20(10-12-21)13-16-26-23-15-14-22(17-28(23)33-32-26)25-18-30(25)24-7-5-6-8-27(24)31-29(30)35/h5-17,25H,3-4,18-19H2,1-2H3,(H,31,35)(H,32,33)/b16-13+/t25-,30?/m0/s1. The summed E-state index contributed by atoms with van der Waals surface area (Å²) in [5, 5.41) is 11.9. The van der Waals surface area contributed by atoms with Crippen molar-refractivity contribution in [2.24, 2.45) is 0 Å². The number of aromatic nitrogens is 2. The molecule has 2 atom stereocenters. The maximum atomic E-state index is 12.8. The average molecular weight is 463 g/mol. The van der Waals surface area contributed by atoms with Crippen molar-refractivity contribution >= 4 is 34.6 Å². The third kappa shape index (κ3) is 3.67. The Bertz CT molecular complexity index is 1430. The zero-order valence-electron chi connectivity index (χ0n) is 20.2. The minimum atomic E-state index is -0.412. The average Bonchev–Trinajstić information content (AvgIpc) is 3.43. The number of para-hydroxylation sites is 1. The first-order chi connectivity index (χ1) is 17.1. The van der Waals surface area contributed by atoms with Crippen molar-refractivity contribution in [3.63, 3.8) is 0 Å². The second kappa shape index (κ2) is 8.51. The molecule has 5 heteroatoms. The molecule has 5 nitrogen and oxygen atoms in total. The van der Waals surface area contributed by atoms with Crippen molar-refractivity contribution in [2.45, 2.75) is 38.1 Å². The molecule has 2 aliphatic rings. The second-order valence-corrected chi connectivity index (χ2v) is 9.68. The first-order valence-electron chi connectivity index (χ1n) is 12.5. The Morgan fingerprint density at radius 3 is 2.63 bits per heavy atom. The van der Waals surface area contributed by atoms with Gasteiger partial charge in [0.1, 0.15) is 0 Å². The van der Waals surface area contributed by atoms with Crippen LogP contribution in [0.3, 0.4) is 0 Å². The molecule has 1 amide bonds. The number of carbonyl (C=O) groups is 1. The summed E-state index contributed by atoms with van der Waals surface area (Å²) in [4.78, 5) is 15.3. The highest BCUT2D eigenvalue weighted by atomic mass is 16.2. The van der Waals surface area contributed by atoms with Crippen LogP contribution in [-0.2, 0) is 16.8 Å². The number of anilines is 1. The molecule has 1 aliphatic carbocycles. The normalized spacial score (nSPS) is 20.8. The van der Waals surface area contributed by atoms with E-state index >= 15 is 0 Å². The van der Waals surface area contributed by atoms with Gasteiger partial charge in [0.25, 0.3) is 0 Å². The van der Waals surface area contributed by atoms with Gasteiger partial charge in [0.15, 0.2) is 0 Å². The van der Waals surface area contributed by atoms with Crippen LogP contribution >= 0.6 is 0 Å². The molecule has 0 bridgehead atoms. The van der Waals surface area contributed by atoms with E-state index in [2.05, 4.69) is 94.9 Å². The number of fused-ring (bicyclic) bond motifs is 3. The SMILES string of the molecule is CCN(CC)Cc1ccc(/C=C/c2n[nH]c3cc([C@@H]4CC45C(=O)Nc4ccccc45)ccc23)cc1. The summed E-state index contributed by atoms with van der Waals surface area (Å²) in [7, 11) is 0. The van der Waals surface area contributed by atoms with Gasteiger partial charge in [-0.05, 0) is 60.0 Å². The third-order valence-corrected chi connectivity index (χ3v) is 7.75. The van der Waals surface area contributed by atoms with Gasteiger partial charge >= 0.3 is 0 Å². The monoisotopic (exact) mass is 462 g/mol. The molecule has 1 aliphatic heterocycles. The molecule has 6 rings (SSSR count). The van der Waals surface area contributed by atoms with Crippen molar-refractivity contribution < 1.29 is 4.79 Å². The Kier molecular flexibility index (Phi) is 5.30. The molecule has 0 radical (unpaired) electrons. The van der Waals surface area contributed by atoms with E-state index in [-0.39, 0.29) is 11.8 Å². The van der Waals surface area contributed by atoms with Gasteiger partial charge in [0.05, 0.1) is 16.6 Å². The quantitative estimate of drug-likeness (QED) is 0.357. The smallest absolute Gasteiger partial charge is 0.235 e. The number of aromatic amines is 1. The Morgan fingerprint density at radius 2 is 1.83 bits per heavy atom. The maximum Gasteiger partial charge on any atom is 0.235 e. The molecular weight excluding hydrogens is 432 g/mol. The highest BCUT2D eigenvalue weighted by Crippen LogP contribution is 2.64. The van der Waals surface area contributed by atoms with Crippen LogP contribution in [0, 0.1) is 0 Å². The van der Waals surface area contributed by atoms with Crippen molar-refractivity contribution in [2.75, 3.05) is 18.4 Å². The van der Waals surface area contributed by atoms with Crippen LogP contribution in [0.5, 0.6) is 0 Å². The van der Waals surface area contributed by atoms with Gasteiger partial charge in [0.2, 0.25) is 5.91 Å². The van der Waals surface area contributed by atoms with E-state index in [1.807, 2.05) is 18.2 Å². The molecule has 1 aromatic heterocycles. The largest absolute Gasteiger partial charge is 0.325 e. The van der Waals surface area contributed by atoms with Gasteiger partial charge < -0.3 is 5.32 Å². The molecular formula is C30H30N4O. The van der Waals surface area contributed by atoms with E-state index in [9.17, 15) is 4.79 Å². The van der Waals surface area contributed by atoms with Gasteiger partial charge in [-0.1, -0.05) is 74.5 Å². The topological polar surface area (TPSA) is 61.0 Å². The summed E-state index contributed by atoms with van der Waals surface area (Å²) in [5.41, 5.74) is 7.28. The fraction of sp³-hybridized carbons (Fsp3) is 0.267. The molecule has 176 valence electrons. The number of nitrogens with one attached hydrogen (secondary N) is 2. The number of hydrogen-bond acceptors (Lipinski definition) is 3. The predicted molar refractivity (Wildman–Crippen MR) is 142 cm³/mol. The summed E-state index contributed by atoms with van der Waals surface area (Å²) in [6.45, 7) is 7.51. The molecule has 0 saturated heterocycles. The highest BCUT2D eigenvalue weighted by molar-refractivity contribution is 6.09. The number of rotatable bonds is 7. The summed E-state index contributed by atoms with van der Waals surface area (Å²) in [6.07, 6.45) is 5.03. The van der Waals surface area contributed by atoms with Crippen LogP contribution in [0.1, 0.15) is 54.1 Å². The van der Waals surface area contributed by atoms with Crippen LogP contribution in [-0.4, -0.2) is 34.1 Å². The van der Waals surface area contributed by atoms with Crippen molar-refractivity contribution in [3.05, 3.63) is 94.7 Å². The molecule has 1 spiro atoms. The molecule has 1 fully saturated rings. The molecule has 2 N–H and O–H groups in total. The summed E-state index contributed by atoms with van der Waals surface area (Å²) in [6, 6.07) is 23.3. The Balaban J connectivity index is 1.20. The Labute approximate surface area is 205 Å². The van der Waals surface area contributed by atoms with E-state index in [4.69, 9.17) is 0 Å². The van der Waals surface area contributed by atoms with E-state index in [1.54, 1.807) is 0 Å². The van der Waals surface area contributed by atoms with E-state index < -0.39 is 5.41 Å². The molecule has 3 aromatic carbocycles. The summed E-state index contributed by atoms with van der Waals surface area (Å²) >= 11 is 0. The van der Waals surface area contributed by atoms with Gasteiger partial charge in [-0.15, -0.1) is 0 Å². The van der Waals surface area contributed by atoms with Crippen molar-refractivity contribution in [3.8, 4) is 0 Å². The van der Waals surface area contributed by atoms with Gasteiger partial charge in [-0.2, -0.15) is 5.10 Å². The number of hydrogen-bond donors (Lipinski definition) is 2. The van der Waals surface area contributed by atoms with Crippen LogP contribution in [0.15, 0.2) is 66.7 Å². The predicted octanol–water partition coefficient (Wildman–Crippen LogP) is 5.95. The van der Waals surface area contributed by atoms with Gasteiger partial charge in [-0.25, -0.2) is 0 Å². The third-order valence-electron chi connectivity index (χ3n) is 7.75. The Hall–Kier alpha value is -3.70. The van der Waals surface area contributed by atoms with Crippen molar-refractivity contribution in [1.82, 2.24) is 15.1 Å². The maximum absolute atomic E-state index is 12.8. The number of H-pyrrole nitrogens is 1.